The maximum absolute atomic E-state index is 12.0. The first-order valence-corrected chi connectivity index (χ1v) is 7.94. The van der Waals surface area contributed by atoms with Crippen LogP contribution in [0.4, 0.5) is 0 Å². The molecule has 0 fully saturated rings. The van der Waals surface area contributed by atoms with Crippen LogP contribution in [-0.4, -0.2) is 34.1 Å². The Morgan fingerprint density at radius 2 is 1.87 bits per heavy atom. The Morgan fingerprint density at radius 3 is 2.48 bits per heavy atom. The summed E-state index contributed by atoms with van der Waals surface area (Å²) < 4.78 is 0.972. The number of hydrogen-bond acceptors (Lipinski definition) is 3. The topological polar surface area (TPSA) is 86.9 Å². The minimum absolute atomic E-state index is 0.0806. The molecule has 0 atom stereocenters. The molecule has 0 spiro atoms. The van der Waals surface area contributed by atoms with Crippen molar-refractivity contribution in [3.8, 4) is 11.3 Å². The van der Waals surface area contributed by atoms with E-state index in [9.17, 15) is 9.59 Å². The number of hydrogen-bond donors (Lipinski definition) is 3. The number of H-pyrrole nitrogens is 1. The maximum atomic E-state index is 12.0. The van der Waals surface area contributed by atoms with Gasteiger partial charge in [0.2, 0.25) is 5.91 Å². The van der Waals surface area contributed by atoms with Crippen LogP contribution in [-0.2, 0) is 4.79 Å². The van der Waals surface area contributed by atoms with E-state index in [-0.39, 0.29) is 23.9 Å². The number of aromatic amines is 1. The van der Waals surface area contributed by atoms with Gasteiger partial charge in [0.15, 0.2) is 0 Å². The third kappa shape index (κ3) is 5.21. The summed E-state index contributed by atoms with van der Waals surface area (Å²) in [7, 11) is 0. The number of nitrogens with zero attached hydrogens (tertiary/aromatic N) is 1. The Bertz CT molecular complexity index is 702. The quantitative estimate of drug-likeness (QED) is 0.763. The molecule has 0 bridgehead atoms. The summed E-state index contributed by atoms with van der Waals surface area (Å²) >= 11 is 3.37. The molecule has 0 unspecified atom stereocenters. The third-order valence-electron chi connectivity index (χ3n) is 2.89. The molecule has 2 amide bonds. The van der Waals surface area contributed by atoms with Crippen LogP contribution < -0.4 is 10.6 Å². The fraction of sp³-hybridized carbons (Fsp3) is 0.312. The Labute approximate surface area is 143 Å². The van der Waals surface area contributed by atoms with E-state index in [1.165, 1.54) is 0 Å². The van der Waals surface area contributed by atoms with Crippen molar-refractivity contribution in [2.75, 3.05) is 6.54 Å². The molecule has 0 aliphatic carbocycles. The highest BCUT2D eigenvalue weighted by Crippen LogP contribution is 2.20. The van der Waals surface area contributed by atoms with Gasteiger partial charge in [0, 0.05) is 15.6 Å². The lowest BCUT2D eigenvalue weighted by atomic mass is 10.1. The molecule has 1 heterocycles. The van der Waals surface area contributed by atoms with Gasteiger partial charge in [0.25, 0.3) is 5.91 Å². The average molecular weight is 379 g/mol. The lowest BCUT2D eigenvalue weighted by molar-refractivity contribution is -0.121. The van der Waals surface area contributed by atoms with Crippen molar-refractivity contribution < 1.29 is 9.59 Å². The predicted octanol–water partition coefficient (Wildman–Crippen LogP) is 2.48. The minimum Gasteiger partial charge on any atom is -0.350 e. The van der Waals surface area contributed by atoms with Crippen LogP contribution in [0.5, 0.6) is 0 Å². The number of amides is 2. The van der Waals surface area contributed by atoms with Crippen molar-refractivity contribution in [1.82, 2.24) is 20.8 Å². The first kappa shape index (κ1) is 17.2. The molecule has 1 aromatic carbocycles. The summed E-state index contributed by atoms with van der Waals surface area (Å²) in [5.74, 6) is -0.608. The van der Waals surface area contributed by atoms with Crippen LogP contribution in [0.1, 0.15) is 31.3 Å². The molecular weight excluding hydrogens is 360 g/mol. The molecule has 0 aliphatic heterocycles. The lowest BCUT2D eigenvalue weighted by Gasteiger charge is -2.20. The average Bonchev–Trinajstić information content (AvgIpc) is 2.93. The first-order chi connectivity index (χ1) is 10.7. The van der Waals surface area contributed by atoms with E-state index >= 15 is 0 Å². The number of carbonyl (C=O) groups excluding carboxylic acids is 2. The van der Waals surface area contributed by atoms with Crippen molar-refractivity contribution in [3.05, 3.63) is 40.5 Å². The summed E-state index contributed by atoms with van der Waals surface area (Å²) in [6, 6.07) is 9.26. The number of nitrogens with one attached hydrogen (secondary N) is 3. The smallest absolute Gasteiger partial charge is 0.269 e. The zero-order valence-electron chi connectivity index (χ0n) is 13.2. The van der Waals surface area contributed by atoms with Gasteiger partial charge in [0.1, 0.15) is 5.69 Å². The highest BCUT2D eigenvalue weighted by atomic mass is 79.9. The summed E-state index contributed by atoms with van der Waals surface area (Å²) in [6.07, 6.45) is 0. The lowest BCUT2D eigenvalue weighted by Crippen LogP contribution is -2.45. The number of rotatable bonds is 4. The molecule has 1 aromatic heterocycles. The van der Waals surface area contributed by atoms with E-state index in [1.54, 1.807) is 6.07 Å². The van der Waals surface area contributed by atoms with Crippen LogP contribution in [0.2, 0.25) is 0 Å². The summed E-state index contributed by atoms with van der Waals surface area (Å²) in [6.45, 7) is 5.56. The van der Waals surface area contributed by atoms with Gasteiger partial charge in [0.05, 0.1) is 12.2 Å². The van der Waals surface area contributed by atoms with Gasteiger partial charge in [-0.3, -0.25) is 14.7 Å². The van der Waals surface area contributed by atoms with E-state index < -0.39 is 0 Å². The normalized spacial score (nSPS) is 11.1. The van der Waals surface area contributed by atoms with Crippen LogP contribution in [0, 0.1) is 0 Å². The van der Waals surface area contributed by atoms with E-state index in [4.69, 9.17) is 0 Å². The van der Waals surface area contributed by atoms with Crippen molar-refractivity contribution >= 4 is 27.7 Å². The number of benzene rings is 1. The Balaban J connectivity index is 1.96. The van der Waals surface area contributed by atoms with Crippen LogP contribution >= 0.6 is 15.9 Å². The van der Waals surface area contributed by atoms with Gasteiger partial charge in [-0.2, -0.15) is 5.10 Å². The zero-order valence-corrected chi connectivity index (χ0v) is 14.8. The van der Waals surface area contributed by atoms with Gasteiger partial charge >= 0.3 is 0 Å². The standard InChI is InChI=1S/C16H19BrN4O2/c1-16(2,3)19-14(22)9-18-15(23)13-8-12(20-21-13)10-4-6-11(17)7-5-10/h4-8H,9H2,1-3H3,(H,18,23)(H,19,22)(H,20,21). The molecule has 6 nitrogen and oxygen atoms in total. The second-order valence-corrected chi connectivity index (χ2v) is 7.07. The SMILES string of the molecule is CC(C)(C)NC(=O)CNC(=O)c1cc(-c2ccc(Br)cc2)n[nH]1. The Morgan fingerprint density at radius 1 is 1.22 bits per heavy atom. The molecule has 0 saturated carbocycles. The monoisotopic (exact) mass is 378 g/mol. The molecule has 3 N–H and O–H groups in total. The van der Waals surface area contributed by atoms with Crippen molar-refractivity contribution in [2.45, 2.75) is 26.3 Å². The molecule has 23 heavy (non-hydrogen) atoms. The van der Waals surface area contributed by atoms with Crippen LogP contribution in [0.25, 0.3) is 11.3 Å². The maximum Gasteiger partial charge on any atom is 0.269 e. The fourth-order valence-corrected chi connectivity index (χ4v) is 2.19. The molecular formula is C16H19BrN4O2. The van der Waals surface area contributed by atoms with Crippen molar-refractivity contribution in [2.24, 2.45) is 0 Å². The Hall–Kier alpha value is -2.15. The van der Waals surface area contributed by atoms with E-state index in [2.05, 4.69) is 36.8 Å². The van der Waals surface area contributed by atoms with Crippen LogP contribution in [0.15, 0.2) is 34.8 Å². The molecule has 0 saturated heterocycles. The molecule has 0 aliphatic rings. The van der Waals surface area contributed by atoms with Gasteiger partial charge in [-0.25, -0.2) is 0 Å². The van der Waals surface area contributed by atoms with Crippen molar-refractivity contribution in [1.29, 1.82) is 0 Å². The third-order valence-corrected chi connectivity index (χ3v) is 3.42. The molecule has 0 radical (unpaired) electrons. The second kappa shape index (κ2) is 6.95. The summed E-state index contributed by atoms with van der Waals surface area (Å²) in [5.41, 5.74) is 1.55. The second-order valence-electron chi connectivity index (χ2n) is 6.15. The van der Waals surface area contributed by atoms with Gasteiger partial charge in [-0.1, -0.05) is 28.1 Å². The van der Waals surface area contributed by atoms with Crippen molar-refractivity contribution in [3.63, 3.8) is 0 Å². The van der Waals surface area contributed by atoms with Gasteiger partial charge < -0.3 is 10.6 Å². The van der Waals surface area contributed by atoms with Gasteiger partial charge in [-0.15, -0.1) is 0 Å². The van der Waals surface area contributed by atoms with Gasteiger partial charge in [-0.05, 0) is 39.0 Å². The first-order valence-electron chi connectivity index (χ1n) is 7.15. The molecule has 2 rings (SSSR count). The number of aromatic nitrogens is 2. The molecule has 122 valence electrons. The minimum atomic E-state index is -0.370. The highest BCUT2D eigenvalue weighted by Gasteiger charge is 2.16. The highest BCUT2D eigenvalue weighted by molar-refractivity contribution is 9.10. The van der Waals surface area contributed by atoms with E-state index in [1.807, 2.05) is 45.0 Å². The summed E-state index contributed by atoms with van der Waals surface area (Å²) in [4.78, 5) is 23.7. The summed E-state index contributed by atoms with van der Waals surface area (Å²) in [5, 5.41) is 12.2. The van der Waals surface area contributed by atoms with Crippen LogP contribution in [0.3, 0.4) is 0 Å². The molecule has 7 heteroatoms. The number of halogens is 1. The number of carbonyl (C=O) groups is 2. The van der Waals surface area contributed by atoms with E-state index in [0.717, 1.165) is 10.0 Å². The van der Waals surface area contributed by atoms with E-state index in [0.29, 0.717) is 11.4 Å². The largest absolute Gasteiger partial charge is 0.350 e. The molecule has 2 aromatic rings. The Kier molecular flexibility index (Phi) is 5.20. The fourth-order valence-electron chi connectivity index (χ4n) is 1.92. The predicted molar refractivity (Wildman–Crippen MR) is 92.0 cm³/mol. The zero-order chi connectivity index (χ0) is 17.0.